The lowest BCUT2D eigenvalue weighted by atomic mass is 10.2. The molecule has 0 heterocycles. The summed E-state index contributed by atoms with van der Waals surface area (Å²) in [6.45, 7) is -0.125. The highest BCUT2D eigenvalue weighted by Gasteiger charge is 2.09. The first-order valence-electron chi connectivity index (χ1n) is 6.95. The molecule has 5 nitrogen and oxygen atoms in total. The molecular formula is C16H14BrF2N3O2. The molecule has 0 fully saturated rings. The zero-order valence-electron chi connectivity index (χ0n) is 12.4. The maximum absolute atomic E-state index is 13.6. The van der Waals surface area contributed by atoms with Crippen LogP contribution in [0.5, 0.6) is 0 Å². The SMILES string of the molecule is O=C(CNC(=O)NCc1ccc(F)cc1)Nc1ccc(Br)cc1F. The number of carbonyl (C=O) groups is 2. The van der Waals surface area contributed by atoms with Crippen LogP contribution in [0.2, 0.25) is 0 Å². The molecule has 0 saturated heterocycles. The molecule has 0 aliphatic carbocycles. The number of urea groups is 1. The van der Waals surface area contributed by atoms with Crippen molar-refractivity contribution in [3.8, 4) is 0 Å². The maximum atomic E-state index is 13.6. The molecule has 0 radical (unpaired) electrons. The molecule has 0 unspecified atom stereocenters. The number of anilines is 1. The fourth-order valence-corrected chi connectivity index (χ4v) is 2.13. The van der Waals surface area contributed by atoms with E-state index in [0.717, 1.165) is 0 Å². The predicted molar refractivity (Wildman–Crippen MR) is 89.4 cm³/mol. The molecule has 8 heteroatoms. The van der Waals surface area contributed by atoms with Crippen LogP contribution in [-0.4, -0.2) is 18.5 Å². The Hall–Kier alpha value is -2.48. The molecule has 24 heavy (non-hydrogen) atoms. The van der Waals surface area contributed by atoms with Gasteiger partial charge in [-0.05, 0) is 35.9 Å². The second-order valence-corrected chi connectivity index (χ2v) is 5.75. The van der Waals surface area contributed by atoms with E-state index >= 15 is 0 Å². The van der Waals surface area contributed by atoms with E-state index in [2.05, 4.69) is 31.9 Å². The number of hydrogen-bond acceptors (Lipinski definition) is 2. The van der Waals surface area contributed by atoms with Gasteiger partial charge in [-0.2, -0.15) is 0 Å². The van der Waals surface area contributed by atoms with Crippen LogP contribution in [0.4, 0.5) is 19.3 Å². The lowest BCUT2D eigenvalue weighted by Crippen LogP contribution is -2.39. The van der Waals surface area contributed by atoms with E-state index in [4.69, 9.17) is 0 Å². The number of rotatable bonds is 5. The fourth-order valence-electron chi connectivity index (χ4n) is 1.79. The number of amides is 3. The van der Waals surface area contributed by atoms with Gasteiger partial charge in [-0.15, -0.1) is 0 Å². The van der Waals surface area contributed by atoms with Crippen molar-refractivity contribution < 1.29 is 18.4 Å². The van der Waals surface area contributed by atoms with E-state index in [1.165, 1.54) is 24.3 Å². The largest absolute Gasteiger partial charge is 0.334 e. The Morgan fingerprint density at radius 2 is 1.71 bits per heavy atom. The molecule has 2 aromatic carbocycles. The highest BCUT2D eigenvalue weighted by Crippen LogP contribution is 2.19. The van der Waals surface area contributed by atoms with Gasteiger partial charge >= 0.3 is 6.03 Å². The highest BCUT2D eigenvalue weighted by atomic mass is 79.9. The average molecular weight is 398 g/mol. The molecule has 0 aromatic heterocycles. The molecule has 3 N–H and O–H groups in total. The van der Waals surface area contributed by atoms with E-state index in [1.54, 1.807) is 18.2 Å². The minimum Gasteiger partial charge on any atom is -0.334 e. The monoisotopic (exact) mass is 397 g/mol. The van der Waals surface area contributed by atoms with E-state index in [9.17, 15) is 18.4 Å². The van der Waals surface area contributed by atoms with Gasteiger partial charge in [0.25, 0.3) is 0 Å². The average Bonchev–Trinajstić information content (AvgIpc) is 2.55. The third kappa shape index (κ3) is 5.62. The molecule has 0 spiro atoms. The van der Waals surface area contributed by atoms with Crippen molar-refractivity contribution >= 4 is 33.6 Å². The Balaban J connectivity index is 1.74. The Morgan fingerprint density at radius 3 is 2.38 bits per heavy atom. The molecule has 126 valence electrons. The maximum Gasteiger partial charge on any atom is 0.315 e. The molecular weight excluding hydrogens is 384 g/mol. The van der Waals surface area contributed by atoms with Gasteiger partial charge in [0, 0.05) is 11.0 Å². The number of benzene rings is 2. The van der Waals surface area contributed by atoms with Crippen LogP contribution < -0.4 is 16.0 Å². The lowest BCUT2D eigenvalue weighted by Gasteiger charge is -2.09. The Labute approximate surface area is 145 Å². The normalized spacial score (nSPS) is 10.1. The van der Waals surface area contributed by atoms with Crippen molar-refractivity contribution in [3.05, 3.63) is 64.1 Å². The second kappa shape index (κ2) is 8.39. The summed E-state index contributed by atoms with van der Waals surface area (Å²) < 4.78 is 26.9. The lowest BCUT2D eigenvalue weighted by molar-refractivity contribution is -0.115. The summed E-state index contributed by atoms with van der Waals surface area (Å²) in [5, 5.41) is 7.22. The molecule has 0 aliphatic heterocycles. The highest BCUT2D eigenvalue weighted by molar-refractivity contribution is 9.10. The van der Waals surface area contributed by atoms with Crippen molar-refractivity contribution in [2.45, 2.75) is 6.54 Å². The molecule has 0 atom stereocenters. The summed E-state index contributed by atoms with van der Waals surface area (Å²) in [6, 6.07) is 9.30. The number of halogens is 3. The number of nitrogens with one attached hydrogen (secondary N) is 3. The van der Waals surface area contributed by atoms with Crippen LogP contribution in [0.15, 0.2) is 46.9 Å². The van der Waals surface area contributed by atoms with Crippen molar-refractivity contribution in [1.29, 1.82) is 0 Å². The molecule has 0 bridgehead atoms. The van der Waals surface area contributed by atoms with Crippen molar-refractivity contribution in [1.82, 2.24) is 10.6 Å². The first kappa shape index (κ1) is 17.9. The van der Waals surface area contributed by atoms with Crippen molar-refractivity contribution in [3.63, 3.8) is 0 Å². The van der Waals surface area contributed by atoms with Crippen LogP contribution in [-0.2, 0) is 11.3 Å². The summed E-state index contributed by atoms with van der Waals surface area (Å²) in [6.07, 6.45) is 0. The summed E-state index contributed by atoms with van der Waals surface area (Å²) in [5.41, 5.74) is 0.740. The second-order valence-electron chi connectivity index (χ2n) is 4.84. The Morgan fingerprint density at radius 1 is 1.00 bits per heavy atom. The predicted octanol–water partition coefficient (Wildman–Crippen LogP) is 3.17. The summed E-state index contributed by atoms with van der Waals surface area (Å²) in [7, 11) is 0. The number of hydrogen-bond donors (Lipinski definition) is 3. The van der Waals surface area contributed by atoms with Gasteiger partial charge in [0.15, 0.2) is 0 Å². The van der Waals surface area contributed by atoms with Crippen LogP contribution in [0.25, 0.3) is 0 Å². The smallest absolute Gasteiger partial charge is 0.315 e. The molecule has 2 rings (SSSR count). The molecule has 2 aromatic rings. The van der Waals surface area contributed by atoms with Gasteiger partial charge < -0.3 is 16.0 Å². The van der Waals surface area contributed by atoms with Crippen molar-refractivity contribution in [2.75, 3.05) is 11.9 Å². The van der Waals surface area contributed by atoms with Gasteiger partial charge in [-0.25, -0.2) is 13.6 Å². The van der Waals surface area contributed by atoms with Gasteiger partial charge in [0.2, 0.25) is 5.91 Å². The quantitative estimate of drug-likeness (QED) is 0.724. The van der Waals surface area contributed by atoms with Crippen molar-refractivity contribution in [2.24, 2.45) is 0 Å². The standard InChI is InChI=1S/C16H14BrF2N3O2/c17-11-3-6-14(13(19)7-11)22-15(23)9-21-16(24)20-8-10-1-4-12(18)5-2-10/h1-7H,8-9H2,(H,22,23)(H2,20,21,24). The molecule has 0 aliphatic rings. The first-order valence-corrected chi connectivity index (χ1v) is 7.74. The Kier molecular flexibility index (Phi) is 6.25. The fraction of sp³-hybridized carbons (Fsp3) is 0.125. The summed E-state index contributed by atoms with van der Waals surface area (Å²) >= 11 is 3.11. The summed E-state index contributed by atoms with van der Waals surface area (Å²) in [4.78, 5) is 23.3. The van der Waals surface area contributed by atoms with Crippen LogP contribution in [0.1, 0.15) is 5.56 Å². The van der Waals surface area contributed by atoms with E-state index in [1.807, 2.05) is 0 Å². The van der Waals surface area contributed by atoms with Gasteiger partial charge in [-0.3, -0.25) is 4.79 Å². The third-order valence-electron chi connectivity index (χ3n) is 2.98. The van der Waals surface area contributed by atoms with E-state index in [0.29, 0.717) is 10.0 Å². The summed E-state index contributed by atoms with van der Waals surface area (Å²) in [5.74, 6) is -1.51. The number of carbonyl (C=O) groups excluding carboxylic acids is 2. The zero-order valence-corrected chi connectivity index (χ0v) is 14.0. The van der Waals surface area contributed by atoms with Gasteiger partial charge in [0.05, 0.1) is 12.2 Å². The van der Waals surface area contributed by atoms with Gasteiger partial charge in [-0.1, -0.05) is 28.1 Å². The molecule has 0 saturated carbocycles. The van der Waals surface area contributed by atoms with Crippen LogP contribution in [0, 0.1) is 11.6 Å². The van der Waals surface area contributed by atoms with E-state index < -0.39 is 17.8 Å². The molecule has 3 amide bonds. The van der Waals surface area contributed by atoms with Crippen LogP contribution >= 0.6 is 15.9 Å². The topological polar surface area (TPSA) is 70.2 Å². The third-order valence-corrected chi connectivity index (χ3v) is 3.47. The van der Waals surface area contributed by atoms with Gasteiger partial charge in [0.1, 0.15) is 11.6 Å². The Bertz CT molecular complexity index is 739. The minimum absolute atomic E-state index is 0.0247. The zero-order chi connectivity index (χ0) is 17.5. The van der Waals surface area contributed by atoms with Crippen LogP contribution in [0.3, 0.4) is 0 Å². The van der Waals surface area contributed by atoms with E-state index in [-0.39, 0.29) is 24.6 Å². The minimum atomic E-state index is -0.585. The first-order chi connectivity index (χ1) is 11.4.